The van der Waals surface area contributed by atoms with Gasteiger partial charge in [0.15, 0.2) is 0 Å². The van der Waals surface area contributed by atoms with Crippen LogP contribution in [0.3, 0.4) is 0 Å². The number of amides is 1. The first-order chi connectivity index (χ1) is 16.8. The van der Waals surface area contributed by atoms with Crippen LogP contribution in [0.2, 0.25) is 0 Å². The van der Waals surface area contributed by atoms with E-state index in [0.717, 1.165) is 33.6 Å². The number of hydrogen-bond acceptors (Lipinski definition) is 5. The van der Waals surface area contributed by atoms with E-state index in [1.807, 2.05) is 13.8 Å². The molecule has 0 fully saturated rings. The average molecular weight is 499 g/mol. The lowest BCUT2D eigenvalue weighted by Crippen LogP contribution is -2.45. The second-order valence-corrected chi connectivity index (χ2v) is 10.4. The summed E-state index contributed by atoms with van der Waals surface area (Å²) in [5.41, 5.74) is 4.46. The van der Waals surface area contributed by atoms with Crippen LogP contribution in [0.15, 0.2) is 30.3 Å². The van der Waals surface area contributed by atoms with E-state index >= 15 is 0 Å². The zero-order chi connectivity index (χ0) is 26.8. The number of aromatic nitrogens is 1. The van der Waals surface area contributed by atoms with Gasteiger partial charge in [-0.25, -0.2) is 4.39 Å². The van der Waals surface area contributed by atoms with Crippen LogP contribution >= 0.6 is 0 Å². The number of carboxylic acid groups (broad SMARTS) is 1. The number of hydrogen-bond donors (Lipinski definition) is 3. The van der Waals surface area contributed by atoms with Crippen molar-refractivity contribution in [1.82, 2.24) is 9.88 Å². The summed E-state index contributed by atoms with van der Waals surface area (Å²) >= 11 is 0. The highest BCUT2D eigenvalue weighted by atomic mass is 19.1. The van der Waals surface area contributed by atoms with Crippen LogP contribution in [-0.2, 0) is 21.5 Å². The minimum absolute atomic E-state index is 0.0190. The summed E-state index contributed by atoms with van der Waals surface area (Å²) in [4.78, 5) is 30.1. The Kier molecular flexibility index (Phi) is 8.31. The molecule has 1 aromatic carbocycles. The van der Waals surface area contributed by atoms with Crippen molar-refractivity contribution in [3.05, 3.63) is 58.7 Å². The summed E-state index contributed by atoms with van der Waals surface area (Å²) in [5, 5.41) is 29.3. The van der Waals surface area contributed by atoms with Crippen molar-refractivity contribution < 1.29 is 29.3 Å². The first-order valence-corrected chi connectivity index (χ1v) is 12.1. The number of carboxylic acids is 1. The molecule has 1 aromatic heterocycles. The van der Waals surface area contributed by atoms with E-state index < -0.39 is 30.0 Å². The van der Waals surface area contributed by atoms with Gasteiger partial charge in [-0.05, 0) is 29.2 Å². The van der Waals surface area contributed by atoms with Gasteiger partial charge in [0.05, 0.1) is 30.0 Å². The number of carbonyl (C=O) groups is 2. The van der Waals surface area contributed by atoms with Crippen molar-refractivity contribution >= 4 is 18.0 Å². The third kappa shape index (κ3) is 6.17. The number of nitrogens with zero attached hydrogens (tertiary/aromatic N) is 2. The molecule has 0 saturated heterocycles. The highest BCUT2D eigenvalue weighted by Gasteiger charge is 2.37. The minimum Gasteiger partial charge on any atom is -0.481 e. The zero-order valence-electron chi connectivity index (χ0n) is 21.5. The lowest BCUT2D eigenvalue weighted by molar-refractivity contribution is -0.139. The van der Waals surface area contributed by atoms with Crippen molar-refractivity contribution in [2.24, 2.45) is 0 Å². The maximum absolute atomic E-state index is 13.8. The third-order valence-electron chi connectivity index (χ3n) is 6.48. The lowest BCUT2D eigenvalue weighted by Gasteiger charge is -2.40. The van der Waals surface area contributed by atoms with Gasteiger partial charge >= 0.3 is 5.97 Å². The van der Waals surface area contributed by atoms with Crippen LogP contribution in [0.25, 0.3) is 17.2 Å². The number of aliphatic hydroxyl groups is 2. The molecule has 0 radical (unpaired) electrons. The van der Waals surface area contributed by atoms with E-state index in [2.05, 4.69) is 13.8 Å². The maximum atomic E-state index is 13.8. The van der Waals surface area contributed by atoms with Crippen LogP contribution in [-0.4, -0.2) is 55.8 Å². The van der Waals surface area contributed by atoms with Gasteiger partial charge < -0.3 is 20.2 Å². The summed E-state index contributed by atoms with van der Waals surface area (Å²) in [6.45, 7) is 10.6. The number of benzene rings is 1. The lowest BCUT2D eigenvalue weighted by atomic mass is 9.77. The molecule has 1 aliphatic rings. The molecule has 0 spiro atoms. The first kappa shape index (κ1) is 27.5. The number of aliphatic hydroxyl groups excluding tert-OH is 2. The summed E-state index contributed by atoms with van der Waals surface area (Å²) in [5.74, 6) is -1.54. The molecule has 1 amide bonds. The Labute approximate surface area is 211 Å². The predicted octanol–water partition coefficient (Wildman–Crippen LogP) is 4.25. The van der Waals surface area contributed by atoms with Crippen molar-refractivity contribution in [3.63, 3.8) is 0 Å². The molecule has 2 aromatic rings. The molecule has 2 heterocycles. The molecule has 7 nitrogen and oxygen atoms in total. The highest BCUT2D eigenvalue weighted by Crippen LogP contribution is 2.42. The number of rotatable bonds is 8. The maximum Gasteiger partial charge on any atom is 0.305 e. The third-order valence-corrected chi connectivity index (χ3v) is 6.48. The molecule has 36 heavy (non-hydrogen) atoms. The average Bonchev–Trinajstić information content (AvgIpc) is 2.76. The molecule has 0 unspecified atom stereocenters. The largest absolute Gasteiger partial charge is 0.481 e. The molecule has 1 aliphatic heterocycles. The molecule has 0 bridgehead atoms. The molecule has 194 valence electrons. The van der Waals surface area contributed by atoms with E-state index in [0.29, 0.717) is 13.1 Å². The first-order valence-electron chi connectivity index (χ1n) is 12.1. The Hall–Kier alpha value is -3.10. The van der Waals surface area contributed by atoms with Gasteiger partial charge in [-0.2, -0.15) is 0 Å². The standard InChI is InChI=1S/C28H35FN2O5/c1-16(2)26-22(11-10-20(33)12-21(34)13-24(35)36)25(18-6-8-19(29)9-7-18)23-14-31(17(3)32)15-28(4,5)27(23)30-26/h6-11,16,20-21,33-34H,12-15H2,1-5H3,(H,35,36)/t20-,21-/m1/s1. The normalized spacial score (nSPS) is 16.8. The topological polar surface area (TPSA) is 111 Å². The van der Waals surface area contributed by atoms with Gasteiger partial charge in [0.2, 0.25) is 5.91 Å². The second-order valence-electron chi connectivity index (χ2n) is 10.4. The van der Waals surface area contributed by atoms with Crippen molar-refractivity contribution in [2.45, 2.75) is 77.5 Å². The summed E-state index contributed by atoms with van der Waals surface area (Å²) < 4.78 is 13.8. The van der Waals surface area contributed by atoms with Gasteiger partial charge in [-0.3, -0.25) is 14.6 Å². The smallest absolute Gasteiger partial charge is 0.305 e. The van der Waals surface area contributed by atoms with Crippen molar-refractivity contribution in [3.8, 4) is 11.1 Å². The minimum atomic E-state index is -1.19. The van der Waals surface area contributed by atoms with E-state index in [4.69, 9.17) is 10.1 Å². The fourth-order valence-electron chi connectivity index (χ4n) is 4.80. The Morgan fingerprint density at radius 2 is 1.83 bits per heavy atom. The van der Waals surface area contributed by atoms with Crippen LogP contribution in [0, 0.1) is 5.82 Å². The van der Waals surface area contributed by atoms with Crippen LogP contribution in [0.1, 0.15) is 75.9 Å². The van der Waals surface area contributed by atoms with E-state index in [1.165, 1.54) is 25.1 Å². The quantitative estimate of drug-likeness (QED) is 0.502. The van der Waals surface area contributed by atoms with Crippen LogP contribution in [0.5, 0.6) is 0 Å². The van der Waals surface area contributed by atoms with Gasteiger partial charge in [0, 0.05) is 43.0 Å². The molecule has 3 N–H and O–H groups in total. The van der Waals surface area contributed by atoms with Gasteiger partial charge in [-0.15, -0.1) is 0 Å². The molecule has 0 aliphatic carbocycles. The number of pyridine rings is 1. The summed E-state index contributed by atoms with van der Waals surface area (Å²) in [6.07, 6.45) is 0.397. The fourth-order valence-corrected chi connectivity index (χ4v) is 4.80. The van der Waals surface area contributed by atoms with Crippen LogP contribution in [0.4, 0.5) is 4.39 Å². The Balaban J connectivity index is 2.22. The van der Waals surface area contributed by atoms with E-state index in [1.54, 1.807) is 23.1 Å². The molecular formula is C28H35FN2O5. The molecule has 3 rings (SSSR count). The SMILES string of the molecule is CC(=O)N1Cc2c(nc(C(C)C)c(C=C[C@@H](O)C[C@@H](O)CC(=O)O)c2-c2ccc(F)cc2)C(C)(C)C1. The van der Waals surface area contributed by atoms with Gasteiger partial charge in [0.1, 0.15) is 5.82 Å². The van der Waals surface area contributed by atoms with Crippen LogP contribution < -0.4 is 0 Å². The number of carbonyl (C=O) groups excluding carboxylic acids is 1. The molecule has 8 heteroatoms. The number of aliphatic carboxylic acids is 1. The Morgan fingerprint density at radius 1 is 1.19 bits per heavy atom. The van der Waals surface area contributed by atoms with Gasteiger partial charge in [0.25, 0.3) is 0 Å². The Morgan fingerprint density at radius 3 is 2.39 bits per heavy atom. The molecular weight excluding hydrogens is 463 g/mol. The number of halogens is 1. The molecule has 0 saturated carbocycles. The highest BCUT2D eigenvalue weighted by molar-refractivity contribution is 5.82. The van der Waals surface area contributed by atoms with Gasteiger partial charge in [-0.1, -0.05) is 52.0 Å². The predicted molar refractivity (Wildman–Crippen MR) is 136 cm³/mol. The second kappa shape index (κ2) is 10.9. The van der Waals surface area contributed by atoms with E-state index in [-0.39, 0.29) is 24.1 Å². The van der Waals surface area contributed by atoms with Crippen molar-refractivity contribution in [2.75, 3.05) is 6.54 Å². The molecule has 2 atom stereocenters. The summed E-state index contributed by atoms with van der Waals surface area (Å²) in [6, 6.07) is 6.16. The van der Waals surface area contributed by atoms with E-state index in [9.17, 15) is 24.2 Å². The fraction of sp³-hybridized carbons (Fsp3) is 0.464. The monoisotopic (exact) mass is 498 g/mol. The van der Waals surface area contributed by atoms with Crippen molar-refractivity contribution in [1.29, 1.82) is 0 Å². The Bertz CT molecular complexity index is 1160. The summed E-state index contributed by atoms with van der Waals surface area (Å²) in [7, 11) is 0. The number of fused-ring (bicyclic) bond motifs is 1. The zero-order valence-corrected chi connectivity index (χ0v) is 21.5.